The van der Waals surface area contributed by atoms with E-state index in [1.807, 2.05) is 6.07 Å². The van der Waals surface area contributed by atoms with E-state index in [-0.39, 0.29) is 5.95 Å². The Balaban J connectivity index is 2.81. The van der Waals surface area contributed by atoms with Crippen molar-refractivity contribution in [2.75, 3.05) is 18.1 Å². The van der Waals surface area contributed by atoms with Gasteiger partial charge in [0.25, 0.3) is 0 Å². The molecule has 0 fully saturated rings. The fraction of sp³-hybridized carbons (Fsp3) is 0.111. The van der Waals surface area contributed by atoms with Crippen LogP contribution >= 0.6 is 11.6 Å². The first-order valence-corrected chi connectivity index (χ1v) is 4.49. The van der Waals surface area contributed by atoms with E-state index in [1.165, 1.54) is 0 Å². The zero-order valence-electron chi connectivity index (χ0n) is 7.58. The van der Waals surface area contributed by atoms with Crippen molar-refractivity contribution in [1.29, 1.82) is 0 Å². The lowest BCUT2D eigenvalue weighted by Gasteiger charge is -2.05. The summed E-state index contributed by atoms with van der Waals surface area (Å²) in [6.45, 7) is 0. The molecule has 1 heterocycles. The van der Waals surface area contributed by atoms with Crippen molar-refractivity contribution >= 4 is 34.3 Å². The quantitative estimate of drug-likeness (QED) is 0.752. The molecular weight excluding hydrogens is 200 g/mol. The van der Waals surface area contributed by atoms with Crippen molar-refractivity contribution in [3.8, 4) is 0 Å². The number of halogens is 1. The largest absolute Gasteiger partial charge is 0.372 e. The first-order chi connectivity index (χ1) is 6.70. The number of hydrogen-bond acceptors (Lipinski definition) is 4. The smallest absolute Gasteiger partial charge is 0.222 e. The summed E-state index contributed by atoms with van der Waals surface area (Å²) in [7, 11) is 1.79. The van der Waals surface area contributed by atoms with Gasteiger partial charge in [-0.3, -0.25) is 0 Å². The number of nitrogens with zero attached hydrogens (tertiary/aromatic N) is 2. The number of benzene rings is 1. The van der Waals surface area contributed by atoms with Gasteiger partial charge in [0.05, 0.1) is 5.52 Å². The molecule has 0 aliphatic heterocycles. The van der Waals surface area contributed by atoms with Crippen LogP contribution in [0.3, 0.4) is 0 Å². The van der Waals surface area contributed by atoms with Crippen molar-refractivity contribution in [1.82, 2.24) is 9.97 Å². The van der Waals surface area contributed by atoms with E-state index < -0.39 is 0 Å². The Morgan fingerprint density at radius 3 is 2.86 bits per heavy atom. The van der Waals surface area contributed by atoms with Crippen LogP contribution < -0.4 is 11.1 Å². The minimum absolute atomic E-state index is 0.240. The second-order valence-corrected chi connectivity index (χ2v) is 3.28. The third-order valence-electron chi connectivity index (χ3n) is 1.91. The van der Waals surface area contributed by atoms with Gasteiger partial charge in [-0.05, 0) is 18.2 Å². The molecular formula is C9H9ClN4. The van der Waals surface area contributed by atoms with E-state index in [0.717, 1.165) is 10.9 Å². The van der Waals surface area contributed by atoms with Crippen molar-refractivity contribution in [2.24, 2.45) is 0 Å². The molecule has 2 rings (SSSR count). The number of nitrogens with one attached hydrogen (secondary N) is 1. The van der Waals surface area contributed by atoms with E-state index in [4.69, 9.17) is 17.3 Å². The molecule has 0 spiro atoms. The van der Waals surface area contributed by atoms with Gasteiger partial charge in [0.1, 0.15) is 5.82 Å². The average molecular weight is 209 g/mol. The van der Waals surface area contributed by atoms with E-state index in [0.29, 0.717) is 10.8 Å². The molecule has 14 heavy (non-hydrogen) atoms. The molecule has 0 amide bonds. The van der Waals surface area contributed by atoms with Crippen LogP contribution in [0.25, 0.3) is 10.9 Å². The van der Waals surface area contributed by atoms with Gasteiger partial charge in [0, 0.05) is 17.5 Å². The second kappa shape index (κ2) is 3.31. The van der Waals surface area contributed by atoms with Crippen molar-refractivity contribution in [2.45, 2.75) is 0 Å². The molecule has 1 aromatic carbocycles. The molecule has 0 saturated carbocycles. The SMILES string of the molecule is CNc1nc(N)nc2cc(Cl)ccc12. The minimum Gasteiger partial charge on any atom is -0.372 e. The van der Waals surface area contributed by atoms with Crippen molar-refractivity contribution in [3.05, 3.63) is 23.2 Å². The van der Waals surface area contributed by atoms with Crippen LogP contribution in [0.4, 0.5) is 11.8 Å². The van der Waals surface area contributed by atoms with E-state index >= 15 is 0 Å². The molecule has 0 radical (unpaired) electrons. The number of fused-ring (bicyclic) bond motifs is 1. The Hall–Kier alpha value is -1.55. The highest BCUT2D eigenvalue weighted by Gasteiger charge is 2.04. The molecule has 5 heteroatoms. The van der Waals surface area contributed by atoms with Gasteiger partial charge in [-0.15, -0.1) is 0 Å². The van der Waals surface area contributed by atoms with Crippen LogP contribution in [0.15, 0.2) is 18.2 Å². The molecule has 0 saturated heterocycles. The van der Waals surface area contributed by atoms with Crippen molar-refractivity contribution in [3.63, 3.8) is 0 Å². The van der Waals surface area contributed by atoms with Gasteiger partial charge in [-0.2, -0.15) is 4.98 Å². The highest BCUT2D eigenvalue weighted by Crippen LogP contribution is 2.23. The Bertz CT molecular complexity index is 478. The maximum absolute atomic E-state index is 5.84. The Morgan fingerprint density at radius 2 is 2.14 bits per heavy atom. The van der Waals surface area contributed by atoms with E-state index in [1.54, 1.807) is 19.2 Å². The lowest BCUT2D eigenvalue weighted by atomic mass is 10.2. The summed E-state index contributed by atoms with van der Waals surface area (Å²) in [6.07, 6.45) is 0. The summed E-state index contributed by atoms with van der Waals surface area (Å²) in [6, 6.07) is 5.42. The topological polar surface area (TPSA) is 63.8 Å². The summed E-state index contributed by atoms with van der Waals surface area (Å²) in [5.41, 5.74) is 6.29. The number of anilines is 2. The highest BCUT2D eigenvalue weighted by molar-refractivity contribution is 6.31. The first-order valence-electron chi connectivity index (χ1n) is 4.11. The predicted octanol–water partition coefficient (Wildman–Crippen LogP) is 1.91. The number of aromatic nitrogens is 2. The molecule has 0 bridgehead atoms. The second-order valence-electron chi connectivity index (χ2n) is 2.84. The molecule has 2 aromatic rings. The van der Waals surface area contributed by atoms with Crippen LogP contribution in [0.2, 0.25) is 5.02 Å². The van der Waals surface area contributed by atoms with Crippen LogP contribution in [0.1, 0.15) is 0 Å². The number of nitrogens with two attached hydrogens (primary N) is 1. The minimum atomic E-state index is 0.240. The maximum atomic E-state index is 5.84. The Morgan fingerprint density at radius 1 is 1.36 bits per heavy atom. The van der Waals surface area contributed by atoms with E-state index in [2.05, 4.69) is 15.3 Å². The fourth-order valence-electron chi connectivity index (χ4n) is 1.31. The standard InChI is InChI=1S/C9H9ClN4/c1-12-8-6-3-2-5(10)4-7(6)13-9(11)14-8/h2-4H,1H3,(H3,11,12,13,14). The zero-order valence-corrected chi connectivity index (χ0v) is 8.34. The maximum Gasteiger partial charge on any atom is 0.222 e. The van der Waals surface area contributed by atoms with Gasteiger partial charge in [0.2, 0.25) is 5.95 Å². The van der Waals surface area contributed by atoms with Crippen molar-refractivity contribution < 1.29 is 0 Å². The molecule has 0 atom stereocenters. The molecule has 4 nitrogen and oxygen atoms in total. The van der Waals surface area contributed by atoms with Gasteiger partial charge >= 0.3 is 0 Å². The molecule has 1 aromatic heterocycles. The lowest BCUT2D eigenvalue weighted by molar-refractivity contribution is 1.22. The van der Waals surface area contributed by atoms with E-state index in [9.17, 15) is 0 Å². The molecule has 0 aliphatic rings. The molecule has 72 valence electrons. The normalized spacial score (nSPS) is 10.4. The molecule has 3 N–H and O–H groups in total. The van der Waals surface area contributed by atoms with Crippen LogP contribution in [-0.4, -0.2) is 17.0 Å². The Labute approximate surface area is 86.1 Å². The van der Waals surface area contributed by atoms with Crippen LogP contribution in [0, 0.1) is 0 Å². The third kappa shape index (κ3) is 1.44. The lowest BCUT2D eigenvalue weighted by Crippen LogP contribution is -2.00. The summed E-state index contributed by atoms with van der Waals surface area (Å²) >= 11 is 5.84. The number of rotatable bonds is 1. The van der Waals surface area contributed by atoms with Gasteiger partial charge in [-0.1, -0.05) is 11.6 Å². The van der Waals surface area contributed by atoms with Gasteiger partial charge in [0.15, 0.2) is 0 Å². The monoisotopic (exact) mass is 208 g/mol. The summed E-state index contributed by atoms with van der Waals surface area (Å²) in [5.74, 6) is 0.952. The predicted molar refractivity (Wildman–Crippen MR) is 58.5 cm³/mol. The molecule has 0 aliphatic carbocycles. The fourth-order valence-corrected chi connectivity index (χ4v) is 1.48. The third-order valence-corrected chi connectivity index (χ3v) is 2.15. The first kappa shape index (κ1) is 9.02. The zero-order chi connectivity index (χ0) is 10.1. The van der Waals surface area contributed by atoms with Gasteiger partial charge in [-0.25, -0.2) is 4.98 Å². The Kier molecular flexibility index (Phi) is 2.13. The molecule has 0 unspecified atom stereocenters. The summed E-state index contributed by atoms with van der Waals surface area (Å²) in [5, 5.41) is 4.50. The van der Waals surface area contributed by atoms with Crippen LogP contribution in [-0.2, 0) is 0 Å². The highest BCUT2D eigenvalue weighted by atomic mass is 35.5. The van der Waals surface area contributed by atoms with Gasteiger partial charge < -0.3 is 11.1 Å². The number of nitrogen functional groups attached to an aromatic ring is 1. The van der Waals surface area contributed by atoms with Crippen LogP contribution in [0.5, 0.6) is 0 Å². The number of hydrogen-bond donors (Lipinski definition) is 2. The summed E-state index contributed by atoms with van der Waals surface area (Å²) in [4.78, 5) is 8.15. The summed E-state index contributed by atoms with van der Waals surface area (Å²) < 4.78 is 0. The average Bonchev–Trinajstić information content (AvgIpc) is 2.15.